The third-order valence-electron chi connectivity index (χ3n) is 2.98. The van der Waals surface area contributed by atoms with E-state index in [1.807, 2.05) is 13.8 Å². The quantitative estimate of drug-likeness (QED) is 0.848. The number of sulfonamides is 1. The second-order valence-electron chi connectivity index (χ2n) is 4.76. The van der Waals surface area contributed by atoms with Gasteiger partial charge in [0.15, 0.2) is 0 Å². The molecule has 0 aliphatic carbocycles. The van der Waals surface area contributed by atoms with Gasteiger partial charge in [0.25, 0.3) is 0 Å². The van der Waals surface area contributed by atoms with Gasteiger partial charge in [0.1, 0.15) is 10.7 Å². The van der Waals surface area contributed by atoms with E-state index in [9.17, 15) is 12.8 Å². The molecule has 1 heterocycles. The summed E-state index contributed by atoms with van der Waals surface area (Å²) in [6.45, 7) is 4.90. The Labute approximate surface area is 117 Å². The van der Waals surface area contributed by atoms with Gasteiger partial charge in [-0.25, -0.2) is 12.8 Å². The summed E-state index contributed by atoms with van der Waals surface area (Å²) < 4.78 is 39.5. The zero-order valence-corrected chi connectivity index (χ0v) is 12.5. The molecule has 1 aromatic rings. The molecule has 2 N–H and O–H groups in total. The van der Waals surface area contributed by atoms with Crippen LogP contribution in [0, 0.1) is 5.82 Å². The summed E-state index contributed by atoms with van der Waals surface area (Å²) in [6.07, 6.45) is 0. The van der Waals surface area contributed by atoms with E-state index >= 15 is 0 Å². The molecule has 0 bridgehead atoms. The largest absolute Gasteiger partial charge is 0.398 e. The number of anilines is 1. The van der Waals surface area contributed by atoms with E-state index in [2.05, 4.69) is 0 Å². The molecule has 1 aromatic carbocycles. The first-order chi connectivity index (χ1) is 8.80. The van der Waals surface area contributed by atoms with Gasteiger partial charge in [0, 0.05) is 23.6 Å². The summed E-state index contributed by atoms with van der Waals surface area (Å²) in [6, 6.07) is 3.39. The van der Waals surface area contributed by atoms with Crippen LogP contribution >= 0.6 is 11.8 Å². The van der Waals surface area contributed by atoms with Gasteiger partial charge in [-0.05, 0) is 18.2 Å². The highest BCUT2D eigenvalue weighted by molar-refractivity contribution is 8.00. The number of nitrogens with two attached hydrogens (primary N) is 1. The van der Waals surface area contributed by atoms with Crippen molar-refractivity contribution in [2.24, 2.45) is 0 Å². The Morgan fingerprint density at radius 3 is 2.42 bits per heavy atom. The van der Waals surface area contributed by atoms with Crippen molar-refractivity contribution in [2.75, 3.05) is 18.8 Å². The van der Waals surface area contributed by atoms with Gasteiger partial charge in [-0.1, -0.05) is 13.8 Å². The Balaban J connectivity index is 2.36. The van der Waals surface area contributed by atoms with E-state index < -0.39 is 15.8 Å². The molecule has 4 nitrogen and oxygen atoms in total. The van der Waals surface area contributed by atoms with Crippen LogP contribution in [0.15, 0.2) is 23.1 Å². The lowest BCUT2D eigenvalue weighted by Crippen LogP contribution is -2.44. The summed E-state index contributed by atoms with van der Waals surface area (Å²) in [4.78, 5) is -0.0137. The third kappa shape index (κ3) is 3.04. The zero-order chi connectivity index (χ0) is 14.2. The van der Waals surface area contributed by atoms with E-state index in [1.165, 1.54) is 10.4 Å². The molecule has 1 saturated heterocycles. The molecule has 0 amide bonds. The molecular weight excluding hydrogens is 287 g/mol. The monoisotopic (exact) mass is 304 g/mol. The lowest BCUT2D eigenvalue weighted by molar-refractivity contribution is 0.405. The van der Waals surface area contributed by atoms with Crippen molar-refractivity contribution in [3.05, 3.63) is 24.0 Å². The molecule has 106 valence electrons. The Morgan fingerprint density at radius 2 is 1.89 bits per heavy atom. The first-order valence-electron chi connectivity index (χ1n) is 6.01. The molecule has 0 saturated carbocycles. The predicted octanol–water partition coefficient (Wildman–Crippen LogP) is 1.92. The molecule has 2 atom stereocenters. The number of halogens is 1. The average molecular weight is 304 g/mol. The minimum Gasteiger partial charge on any atom is -0.398 e. The van der Waals surface area contributed by atoms with E-state index in [0.717, 1.165) is 12.1 Å². The lowest BCUT2D eigenvalue weighted by atomic mass is 10.3. The Morgan fingerprint density at radius 1 is 1.32 bits per heavy atom. The summed E-state index contributed by atoms with van der Waals surface area (Å²) in [5, 5.41) is 0.473. The fourth-order valence-corrected chi connectivity index (χ4v) is 5.45. The van der Waals surface area contributed by atoms with E-state index in [-0.39, 0.29) is 21.1 Å². The SMILES string of the molecule is CC1CN(S(=O)(=O)c2ccc(F)cc2N)CC(C)S1. The van der Waals surface area contributed by atoms with Gasteiger partial charge in [-0.15, -0.1) is 0 Å². The minimum absolute atomic E-state index is 0.0137. The van der Waals surface area contributed by atoms with Crippen molar-refractivity contribution in [1.82, 2.24) is 4.31 Å². The van der Waals surface area contributed by atoms with Crippen LogP contribution in [0.3, 0.4) is 0 Å². The highest BCUT2D eigenvalue weighted by atomic mass is 32.2. The number of rotatable bonds is 2. The van der Waals surface area contributed by atoms with Crippen LogP contribution in [-0.2, 0) is 10.0 Å². The maximum Gasteiger partial charge on any atom is 0.245 e. The molecule has 1 fully saturated rings. The number of nitrogens with zero attached hydrogens (tertiary/aromatic N) is 1. The molecule has 0 radical (unpaired) electrons. The standard InChI is InChI=1S/C12H17FN2O2S2/c1-8-6-15(7-9(2)18-8)19(16,17)12-4-3-10(13)5-11(12)14/h3-5,8-9H,6-7,14H2,1-2H3. The molecule has 2 rings (SSSR count). The maximum absolute atomic E-state index is 13.0. The molecule has 1 aliphatic rings. The van der Waals surface area contributed by atoms with Crippen molar-refractivity contribution >= 4 is 27.5 Å². The van der Waals surface area contributed by atoms with Crippen LogP contribution in [-0.4, -0.2) is 36.3 Å². The van der Waals surface area contributed by atoms with Gasteiger partial charge in [0.05, 0.1) is 5.69 Å². The van der Waals surface area contributed by atoms with Crippen molar-refractivity contribution < 1.29 is 12.8 Å². The fourth-order valence-electron chi connectivity index (χ4n) is 2.22. The molecule has 7 heteroatoms. The van der Waals surface area contributed by atoms with Crippen LogP contribution < -0.4 is 5.73 Å². The van der Waals surface area contributed by atoms with Crippen LogP contribution in [0.1, 0.15) is 13.8 Å². The Hall–Kier alpha value is -0.790. The lowest BCUT2D eigenvalue weighted by Gasteiger charge is -2.33. The van der Waals surface area contributed by atoms with Gasteiger partial charge in [0.2, 0.25) is 10.0 Å². The number of thioether (sulfide) groups is 1. The first-order valence-corrected chi connectivity index (χ1v) is 8.39. The zero-order valence-electron chi connectivity index (χ0n) is 10.8. The second kappa shape index (κ2) is 5.30. The molecule has 1 aliphatic heterocycles. The van der Waals surface area contributed by atoms with E-state index in [4.69, 9.17) is 5.73 Å². The van der Waals surface area contributed by atoms with E-state index in [0.29, 0.717) is 13.1 Å². The first kappa shape index (κ1) is 14.6. The normalized spacial score (nSPS) is 25.4. The summed E-state index contributed by atoms with van der Waals surface area (Å²) >= 11 is 1.77. The predicted molar refractivity (Wildman–Crippen MR) is 76.1 cm³/mol. The van der Waals surface area contributed by atoms with Crippen molar-refractivity contribution in [3.8, 4) is 0 Å². The van der Waals surface area contributed by atoms with E-state index in [1.54, 1.807) is 11.8 Å². The minimum atomic E-state index is -3.65. The number of benzene rings is 1. The molecule has 0 spiro atoms. The van der Waals surface area contributed by atoms with Gasteiger partial charge in [-0.3, -0.25) is 0 Å². The smallest absolute Gasteiger partial charge is 0.245 e. The van der Waals surface area contributed by atoms with Crippen LogP contribution in [0.2, 0.25) is 0 Å². The van der Waals surface area contributed by atoms with Crippen molar-refractivity contribution in [1.29, 1.82) is 0 Å². The number of hydrogen-bond acceptors (Lipinski definition) is 4. The van der Waals surface area contributed by atoms with Crippen LogP contribution in [0.4, 0.5) is 10.1 Å². The molecule has 19 heavy (non-hydrogen) atoms. The molecular formula is C12H17FN2O2S2. The summed E-state index contributed by atoms with van der Waals surface area (Å²) in [5.74, 6) is -0.535. The molecule has 0 aromatic heterocycles. The Kier molecular flexibility index (Phi) is 4.08. The maximum atomic E-state index is 13.0. The van der Waals surface area contributed by atoms with Gasteiger partial charge >= 0.3 is 0 Å². The number of hydrogen-bond donors (Lipinski definition) is 1. The fraction of sp³-hybridized carbons (Fsp3) is 0.500. The summed E-state index contributed by atoms with van der Waals surface area (Å²) in [5.41, 5.74) is 5.59. The van der Waals surface area contributed by atoms with Crippen molar-refractivity contribution in [3.63, 3.8) is 0 Å². The van der Waals surface area contributed by atoms with Gasteiger partial charge in [-0.2, -0.15) is 16.1 Å². The molecule has 2 unspecified atom stereocenters. The Bertz CT molecular complexity index is 567. The van der Waals surface area contributed by atoms with Crippen molar-refractivity contribution in [2.45, 2.75) is 29.2 Å². The van der Waals surface area contributed by atoms with Gasteiger partial charge < -0.3 is 5.73 Å². The highest BCUT2D eigenvalue weighted by Crippen LogP contribution is 2.30. The highest BCUT2D eigenvalue weighted by Gasteiger charge is 2.33. The summed E-state index contributed by atoms with van der Waals surface area (Å²) in [7, 11) is -3.65. The number of nitrogen functional groups attached to an aromatic ring is 1. The van der Waals surface area contributed by atoms with Crippen LogP contribution in [0.5, 0.6) is 0 Å². The topological polar surface area (TPSA) is 63.4 Å². The average Bonchev–Trinajstić information content (AvgIpc) is 2.26. The second-order valence-corrected chi connectivity index (χ2v) is 8.55. The van der Waals surface area contributed by atoms with Crippen LogP contribution in [0.25, 0.3) is 0 Å². The third-order valence-corrected chi connectivity index (χ3v) is 6.11.